The van der Waals surface area contributed by atoms with Gasteiger partial charge in [0.15, 0.2) is 0 Å². The maximum absolute atomic E-state index is 6.12. The standard InChI is InChI=1S/C15H30N4/c1-7-13-10-19(12(4)5)15(17-13)18(6)9-8-14(16)11(2)3/h10-12,14H,7-9,16H2,1-6H3. The minimum atomic E-state index is 0.260. The summed E-state index contributed by atoms with van der Waals surface area (Å²) in [5.74, 6) is 1.59. The summed E-state index contributed by atoms with van der Waals surface area (Å²) in [7, 11) is 2.10. The number of imidazole rings is 1. The van der Waals surface area contributed by atoms with Gasteiger partial charge in [0.2, 0.25) is 5.95 Å². The Hall–Kier alpha value is -1.03. The van der Waals surface area contributed by atoms with Gasteiger partial charge < -0.3 is 15.2 Å². The molecule has 0 amide bonds. The SMILES string of the molecule is CCc1cn(C(C)C)c(N(C)CCC(N)C(C)C)n1. The summed E-state index contributed by atoms with van der Waals surface area (Å²) in [4.78, 5) is 6.94. The Balaban J connectivity index is 2.75. The minimum Gasteiger partial charge on any atom is -0.345 e. The average Bonchev–Trinajstić information content (AvgIpc) is 2.79. The summed E-state index contributed by atoms with van der Waals surface area (Å²) in [6.07, 6.45) is 4.14. The van der Waals surface area contributed by atoms with Gasteiger partial charge in [0.05, 0.1) is 5.69 Å². The van der Waals surface area contributed by atoms with Gasteiger partial charge in [0, 0.05) is 31.9 Å². The first-order chi connectivity index (χ1) is 8.86. The van der Waals surface area contributed by atoms with Crippen LogP contribution in [0.4, 0.5) is 5.95 Å². The molecule has 0 radical (unpaired) electrons. The average molecular weight is 266 g/mol. The van der Waals surface area contributed by atoms with Gasteiger partial charge in [0.25, 0.3) is 0 Å². The highest BCUT2D eigenvalue weighted by Gasteiger charge is 2.15. The van der Waals surface area contributed by atoms with Crippen molar-refractivity contribution in [3.63, 3.8) is 0 Å². The molecule has 0 bridgehead atoms. The van der Waals surface area contributed by atoms with Crippen LogP contribution < -0.4 is 10.6 Å². The van der Waals surface area contributed by atoms with Crippen molar-refractivity contribution in [2.24, 2.45) is 11.7 Å². The predicted molar refractivity (Wildman–Crippen MR) is 82.7 cm³/mol. The van der Waals surface area contributed by atoms with Crippen LogP contribution in [0.15, 0.2) is 6.20 Å². The largest absolute Gasteiger partial charge is 0.345 e. The second-order valence-corrected chi connectivity index (χ2v) is 6.00. The molecule has 1 aromatic rings. The molecular weight excluding hydrogens is 236 g/mol. The van der Waals surface area contributed by atoms with E-state index in [9.17, 15) is 0 Å². The first kappa shape index (κ1) is 16.0. The molecule has 0 fully saturated rings. The van der Waals surface area contributed by atoms with Crippen LogP contribution in [0.3, 0.4) is 0 Å². The van der Waals surface area contributed by atoms with Gasteiger partial charge >= 0.3 is 0 Å². The summed E-state index contributed by atoms with van der Waals surface area (Å²) < 4.78 is 2.25. The number of aromatic nitrogens is 2. The molecule has 0 aromatic carbocycles. The topological polar surface area (TPSA) is 47.1 Å². The third-order valence-electron chi connectivity index (χ3n) is 3.68. The van der Waals surface area contributed by atoms with Gasteiger partial charge in [-0.05, 0) is 32.6 Å². The van der Waals surface area contributed by atoms with E-state index in [2.05, 4.69) is 57.3 Å². The van der Waals surface area contributed by atoms with Crippen LogP contribution in [0.1, 0.15) is 52.8 Å². The van der Waals surface area contributed by atoms with Crippen molar-refractivity contribution in [1.29, 1.82) is 0 Å². The van der Waals surface area contributed by atoms with Crippen molar-refractivity contribution in [3.8, 4) is 0 Å². The normalized spacial score (nSPS) is 13.3. The Morgan fingerprint density at radius 1 is 1.32 bits per heavy atom. The molecular formula is C15H30N4. The van der Waals surface area contributed by atoms with Crippen molar-refractivity contribution in [2.75, 3.05) is 18.5 Å². The first-order valence-corrected chi connectivity index (χ1v) is 7.41. The van der Waals surface area contributed by atoms with Crippen LogP contribution in [0.2, 0.25) is 0 Å². The molecule has 1 atom stereocenters. The maximum Gasteiger partial charge on any atom is 0.205 e. The van der Waals surface area contributed by atoms with Crippen LogP contribution in [0.5, 0.6) is 0 Å². The third-order valence-corrected chi connectivity index (χ3v) is 3.68. The molecule has 0 saturated heterocycles. The molecule has 1 unspecified atom stereocenters. The van der Waals surface area contributed by atoms with E-state index < -0.39 is 0 Å². The van der Waals surface area contributed by atoms with Gasteiger partial charge in [-0.2, -0.15) is 0 Å². The molecule has 0 spiro atoms. The number of nitrogens with two attached hydrogens (primary N) is 1. The molecule has 0 aliphatic carbocycles. The van der Waals surface area contributed by atoms with Gasteiger partial charge in [-0.25, -0.2) is 4.98 Å². The molecule has 0 saturated carbocycles. The zero-order chi connectivity index (χ0) is 14.6. The highest BCUT2D eigenvalue weighted by molar-refractivity contribution is 5.33. The monoisotopic (exact) mass is 266 g/mol. The lowest BCUT2D eigenvalue weighted by atomic mass is 10.0. The zero-order valence-electron chi connectivity index (χ0n) is 13.3. The number of anilines is 1. The summed E-state index contributed by atoms with van der Waals surface area (Å²) >= 11 is 0. The Bertz CT molecular complexity index is 381. The molecule has 1 rings (SSSR count). The maximum atomic E-state index is 6.12. The van der Waals surface area contributed by atoms with Crippen molar-refractivity contribution in [2.45, 2.75) is 59.5 Å². The zero-order valence-corrected chi connectivity index (χ0v) is 13.3. The fourth-order valence-corrected chi connectivity index (χ4v) is 2.04. The van der Waals surface area contributed by atoms with E-state index in [1.807, 2.05) is 0 Å². The molecule has 0 aliphatic rings. The molecule has 1 aromatic heterocycles. The first-order valence-electron chi connectivity index (χ1n) is 7.41. The molecule has 4 nitrogen and oxygen atoms in total. The van der Waals surface area contributed by atoms with Crippen molar-refractivity contribution in [1.82, 2.24) is 9.55 Å². The van der Waals surface area contributed by atoms with E-state index in [1.165, 1.54) is 0 Å². The lowest BCUT2D eigenvalue weighted by Gasteiger charge is -2.24. The number of nitrogens with zero attached hydrogens (tertiary/aromatic N) is 3. The van der Waals surface area contributed by atoms with E-state index in [0.29, 0.717) is 12.0 Å². The fraction of sp³-hybridized carbons (Fsp3) is 0.800. The minimum absolute atomic E-state index is 0.260. The summed E-state index contributed by atoms with van der Waals surface area (Å²) in [5.41, 5.74) is 7.27. The Morgan fingerprint density at radius 3 is 2.42 bits per heavy atom. The highest BCUT2D eigenvalue weighted by atomic mass is 15.3. The second-order valence-electron chi connectivity index (χ2n) is 6.00. The summed E-state index contributed by atoms with van der Waals surface area (Å²) in [6.45, 7) is 11.8. The summed E-state index contributed by atoms with van der Waals surface area (Å²) in [6, 6.07) is 0.694. The van der Waals surface area contributed by atoms with Crippen LogP contribution in [-0.2, 0) is 6.42 Å². The number of hydrogen-bond acceptors (Lipinski definition) is 3. The van der Waals surface area contributed by atoms with Gasteiger partial charge in [0.1, 0.15) is 0 Å². The molecule has 1 heterocycles. The van der Waals surface area contributed by atoms with E-state index >= 15 is 0 Å². The van der Waals surface area contributed by atoms with E-state index in [0.717, 1.165) is 31.0 Å². The molecule has 4 heteroatoms. The molecule has 110 valence electrons. The van der Waals surface area contributed by atoms with Crippen LogP contribution in [0, 0.1) is 5.92 Å². The van der Waals surface area contributed by atoms with Crippen LogP contribution in [-0.4, -0.2) is 29.2 Å². The van der Waals surface area contributed by atoms with E-state index in [4.69, 9.17) is 10.7 Å². The summed E-state index contributed by atoms with van der Waals surface area (Å²) in [5, 5.41) is 0. The fourth-order valence-electron chi connectivity index (χ4n) is 2.04. The second kappa shape index (κ2) is 6.94. The lowest BCUT2D eigenvalue weighted by Crippen LogP contribution is -2.32. The van der Waals surface area contributed by atoms with Crippen LogP contribution in [0.25, 0.3) is 0 Å². The van der Waals surface area contributed by atoms with Gasteiger partial charge in [-0.15, -0.1) is 0 Å². The van der Waals surface area contributed by atoms with Gasteiger partial charge in [-0.3, -0.25) is 0 Å². The Labute approximate surface area is 118 Å². The van der Waals surface area contributed by atoms with E-state index in [-0.39, 0.29) is 6.04 Å². The molecule has 19 heavy (non-hydrogen) atoms. The van der Waals surface area contributed by atoms with Crippen molar-refractivity contribution >= 4 is 5.95 Å². The quantitative estimate of drug-likeness (QED) is 0.825. The Morgan fingerprint density at radius 2 is 1.95 bits per heavy atom. The van der Waals surface area contributed by atoms with E-state index in [1.54, 1.807) is 0 Å². The highest BCUT2D eigenvalue weighted by Crippen LogP contribution is 2.19. The smallest absolute Gasteiger partial charge is 0.205 e. The van der Waals surface area contributed by atoms with Crippen LogP contribution >= 0.6 is 0 Å². The van der Waals surface area contributed by atoms with Crippen molar-refractivity contribution in [3.05, 3.63) is 11.9 Å². The number of hydrogen-bond donors (Lipinski definition) is 1. The number of aryl methyl sites for hydroxylation is 1. The third kappa shape index (κ3) is 4.23. The molecule has 2 N–H and O–H groups in total. The lowest BCUT2D eigenvalue weighted by molar-refractivity contribution is 0.463. The Kier molecular flexibility index (Phi) is 5.85. The van der Waals surface area contributed by atoms with Crippen molar-refractivity contribution < 1.29 is 0 Å². The molecule has 0 aliphatic heterocycles. The predicted octanol–water partition coefficient (Wildman–Crippen LogP) is 2.84. The van der Waals surface area contributed by atoms with Gasteiger partial charge in [-0.1, -0.05) is 20.8 Å². The number of rotatable bonds is 7.